The zero-order valence-electron chi connectivity index (χ0n) is 24.3. The number of nitriles is 1. The first-order valence-corrected chi connectivity index (χ1v) is 14.6. The third-order valence-electron chi connectivity index (χ3n) is 8.46. The average Bonchev–Trinajstić information content (AvgIpc) is 3.30. The molecule has 0 radical (unpaired) electrons. The fraction of sp³-hybridized carbons (Fsp3) is 0.559. The Morgan fingerprint density at radius 1 is 1.22 bits per heavy atom. The molecule has 0 bridgehead atoms. The van der Waals surface area contributed by atoms with Crippen LogP contribution in [0.25, 0.3) is 16.5 Å². The summed E-state index contributed by atoms with van der Waals surface area (Å²) in [7, 11) is 0. The van der Waals surface area contributed by atoms with Gasteiger partial charge in [0, 0.05) is 29.4 Å². The van der Waals surface area contributed by atoms with E-state index < -0.39 is 0 Å². The highest BCUT2D eigenvalue weighted by Crippen LogP contribution is 2.39. The van der Waals surface area contributed by atoms with Gasteiger partial charge >= 0.3 is 0 Å². The van der Waals surface area contributed by atoms with Crippen molar-refractivity contribution in [3.63, 3.8) is 0 Å². The third kappa shape index (κ3) is 7.05. The smallest absolute Gasteiger partial charge is 0.0635 e. The number of aromatic nitrogens is 1. The Morgan fingerprint density at radius 2 is 1.95 bits per heavy atom. The average molecular weight is 500 g/mol. The molecule has 1 aromatic carbocycles. The van der Waals surface area contributed by atoms with E-state index in [0.717, 1.165) is 32.5 Å². The first-order chi connectivity index (χ1) is 17.8. The van der Waals surface area contributed by atoms with Crippen molar-refractivity contribution in [3.05, 3.63) is 64.9 Å². The summed E-state index contributed by atoms with van der Waals surface area (Å²) < 4.78 is 0. The van der Waals surface area contributed by atoms with Crippen LogP contribution < -0.4 is 0 Å². The van der Waals surface area contributed by atoms with Gasteiger partial charge in [-0.25, -0.2) is 0 Å². The lowest BCUT2D eigenvalue weighted by molar-refractivity contribution is 0.216. The number of hydrogen-bond acceptors (Lipinski definition) is 2. The molecule has 3 nitrogen and oxygen atoms in total. The molecule has 1 fully saturated rings. The van der Waals surface area contributed by atoms with E-state index >= 15 is 0 Å². The Morgan fingerprint density at radius 3 is 2.54 bits per heavy atom. The monoisotopic (exact) mass is 499 g/mol. The number of fused-ring (bicyclic) bond motifs is 1. The summed E-state index contributed by atoms with van der Waals surface area (Å²) in [6.45, 7) is 21.1. The quantitative estimate of drug-likeness (QED) is 0.295. The van der Waals surface area contributed by atoms with Crippen molar-refractivity contribution in [1.82, 2.24) is 9.88 Å². The van der Waals surface area contributed by atoms with Crippen LogP contribution in [0, 0.1) is 17.2 Å². The zero-order valence-corrected chi connectivity index (χ0v) is 24.3. The molecule has 1 saturated heterocycles. The number of aromatic amines is 1. The van der Waals surface area contributed by atoms with Gasteiger partial charge in [0.1, 0.15) is 0 Å². The predicted octanol–water partition coefficient (Wildman–Crippen LogP) is 9.51. The molecule has 37 heavy (non-hydrogen) atoms. The van der Waals surface area contributed by atoms with E-state index in [9.17, 15) is 0 Å². The number of unbranched alkanes of at least 4 members (excludes halogenated alkanes) is 1. The van der Waals surface area contributed by atoms with Crippen molar-refractivity contribution < 1.29 is 0 Å². The minimum atomic E-state index is 0.413. The number of likely N-dealkylation sites (tertiary alicyclic amines) is 1. The van der Waals surface area contributed by atoms with Crippen molar-refractivity contribution in [1.29, 1.82) is 5.26 Å². The number of piperidine rings is 1. The van der Waals surface area contributed by atoms with Gasteiger partial charge in [0.15, 0.2) is 0 Å². The highest BCUT2D eigenvalue weighted by atomic mass is 15.1. The fourth-order valence-corrected chi connectivity index (χ4v) is 5.73. The van der Waals surface area contributed by atoms with Crippen LogP contribution in [0.3, 0.4) is 0 Å². The summed E-state index contributed by atoms with van der Waals surface area (Å²) in [5.74, 6) is 1.57. The van der Waals surface area contributed by atoms with Crippen molar-refractivity contribution in [2.24, 2.45) is 5.92 Å². The van der Waals surface area contributed by atoms with Gasteiger partial charge in [0.2, 0.25) is 0 Å². The lowest BCUT2D eigenvalue weighted by Crippen LogP contribution is -2.33. The molecule has 1 aromatic heterocycles. The Labute approximate surface area is 226 Å². The molecular weight excluding hydrogens is 450 g/mol. The number of allylic oxidation sites excluding steroid dienone is 5. The zero-order chi connectivity index (χ0) is 26.9. The van der Waals surface area contributed by atoms with Crippen molar-refractivity contribution in [3.8, 4) is 6.07 Å². The second-order valence-corrected chi connectivity index (χ2v) is 11.3. The van der Waals surface area contributed by atoms with Gasteiger partial charge in [-0.15, -0.1) is 0 Å². The van der Waals surface area contributed by atoms with E-state index in [2.05, 4.69) is 94.4 Å². The molecule has 1 N–H and O–H groups in total. The van der Waals surface area contributed by atoms with Gasteiger partial charge in [-0.05, 0) is 98.7 Å². The van der Waals surface area contributed by atoms with Crippen molar-refractivity contribution >= 4 is 16.5 Å². The minimum absolute atomic E-state index is 0.413. The Balaban J connectivity index is 2.08. The standard InChI is InChI=1S/C34H49N3/c1-8-11-13-27(10-3)30(22-26(7)25(6)9-2)34-33(24(4)5)31-23-29(14-15-32(31)36-34)28-16-20-37(21-17-28)19-12-18-35/h10,14-15,22-25,28,36H,3,8-9,11-13,16-17,19-21H2,1-2,4-7H3/b26-22-,30-27-. The number of hydrogen-bond donors (Lipinski definition) is 1. The van der Waals surface area contributed by atoms with E-state index in [1.165, 1.54) is 70.1 Å². The van der Waals surface area contributed by atoms with Gasteiger partial charge in [0.05, 0.1) is 11.8 Å². The number of H-pyrrole nitrogens is 1. The second kappa shape index (κ2) is 13.8. The van der Waals surface area contributed by atoms with Crippen LogP contribution in [0.15, 0.2) is 48.1 Å². The molecular formula is C34H49N3. The molecule has 3 heteroatoms. The van der Waals surface area contributed by atoms with Gasteiger partial charge in [-0.2, -0.15) is 5.26 Å². The van der Waals surface area contributed by atoms with Gasteiger partial charge in [-0.1, -0.05) is 71.4 Å². The highest BCUT2D eigenvalue weighted by Gasteiger charge is 2.23. The van der Waals surface area contributed by atoms with E-state index in [1.54, 1.807) is 0 Å². The minimum Gasteiger partial charge on any atom is -0.354 e. The normalized spacial score (nSPS) is 17.2. The summed E-state index contributed by atoms with van der Waals surface area (Å²) in [6, 6.07) is 9.42. The molecule has 1 unspecified atom stereocenters. The molecule has 1 atom stereocenters. The first kappa shape index (κ1) is 29.0. The predicted molar refractivity (Wildman–Crippen MR) is 161 cm³/mol. The number of nitrogens with zero attached hydrogens (tertiary/aromatic N) is 2. The van der Waals surface area contributed by atoms with Crippen LogP contribution in [-0.4, -0.2) is 29.5 Å². The topological polar surface area (TPSA) is 42.8 Å². The largest absolute Gasteiger partial charge is 0.354 e. The van der Waals surface area contributed by atoms with Gasteiger partial charge in [-0.3, -0.25) is 0 Å². The maximum atomic E-state index is 8.93. The lowest BCUT2D eigenvalue weighted by Gasteiger charge is -2.31. The van der Waals surface area contributed by atoms with Crippen LogP contribution in [-0.2, 0) is 0 Å². The molecule has 3 rings (SSSR count). The fourth-order valence-electron chi connectivity index (χ4n) is 5.73. The molecule has 0 spiro atoms. The molecule has 1 aliphatic rings. The molecule has 2 heterocycles. The Bertz CT molecular complexity index is 1150. The number of rotatable bonds is 12. The molecule has 0 amide bonds. The van der Waals surface area contributed by atoms with Crippen molar-refractivity contribution in [2.75, 3.05) is 19.6 Å². The van der Waals surface area contributed by atoms with Crippen LogP contribution in [0.2, 0.25) is 0 Å². The maximum absolute atomic E-state index is 8.93. The Kier molecular flexibility index (Phi) is 10.8. The summed E-state index contributed by atoms with van der Waals surface area (Å²) >= 11 is 0. The van der Waals surface area contributed by atoms with E-state index in [4.69, 9.17) is 5.26 Å². The molecule has 0 aliphatic carbocycles. The molecule has 200 valence electrons. The van der Waals surface area contributed by atoms with E-state index in [1.807, 2.05) is 0 Å². The first-order valence-electron chi connectivity index (χ1n) is 14.6. The van der Waals surface area contributed by atoms with Crippen LogP contribution >= 0.6 is 0 Å². The van der Waals surface area contributed by atoms with Crippen molar-refractivity contribution in [2.45, 2.75) is 98.3 Å². The molecule has 0 saturated carbocycles. The summed E-state index contributed by atoms with van der Waals surface area (Å²) in [5, 5.41) is 10.3. The second-order valence-electron chi connectivity index (χ2n) is 11.3. The van der Waals surface area contributed by atoms with Crippen LogP contribution in [0.4, 0.5) is 0 Å². The maximum Gasteiger partial charge on any atom is 0.0635 e. The SMILES string of the molecule is C=C/C(CCCC)=C(\C=C(\C)C(C)CC)c1[nH]c2ccc(C3CCN(CCC#N)CC3)cc2c1C(C)C. The summed E-state index contributed by atoms with van der Waals surface area (Å²) in [6.07, 6.45) is 12.1. The van der Waals surface area contributed by atoms with Gasteiger partial charge < -0.3 is 9.88 Å². The molecule has 1 aliphatic heterocycles. The van der Waals surface area contributed by atoms with E-state index in [0.29, 0.717) is 24.2 Å². The summed E-state index contributed by atoms with van der Waals surface area (Å²) in [5.41, 5.74) is 9.53. The number of nitrogens with one attached hydrogen (secondary N) is 1. The van der Waals surface area contributed by atoms with E-state index in [-0.39, 0.29) is 0 Å². The lowest BCUT2D eigenvalue weighted by atomic mass is 9.86. The summed E-state index contributed by atoms with van der Waals surface area (Å²) in [4.78, 5) is 6.32. The third-order valence-corrected chi connectivity index (χ3v) is 8.46. The van der Waals surface area contributed by atoms with Crippen LogP contribution in [0.5, 0.6) is 0 Å². The van der Waals surface area contributed by atoms with Gasteiger partial charge in [0.25, 0.3) is 0 Å². The van der Waals surface area contributed by atoms with Crippen LogP contribution in [0.1, 0.15) is 115 Å². The number of benzene rings is 1. The molecule has 2 aromatic rings. The highest BCUT2D eigenvalue weighted by molar-refractivity contribution is 5.93. The Hall–Kier alpha value is -2.57.